The number of rotatable bonds is 5. The zero-order valence-electron chi connectivity index (χ0n) is 10.9. The molecular weight excluding hydrogens is 250 g/mol. The third-order valence-corrected chi connectivity index (χ3v) is 3.78. The quantitative estimate of drug-likeness (QED) is 0.487. The number of ether oxygens (including phenoxy) is 1. The topological polar surface area (TPSA) is 72.5 Å². The van der Waals surface area contributed by atoms with Crippen molar-refractivity contribution in [2.75, 3.05) is 19.5 Å². The van der Waals surface area contributed by atoms with Crippen LogP contribution in [0.2, 0.25) is 0 Å². The molecule has 0 heterocycles. The van der Waals surface area contributed by atoms with E-state index in [0.717, 1.165) is 10.5 Å². The summed E-state index contributed by atoms with van der Waals surface area (Å²) in [7, 11) is 1.34. The maximum absolute atomic E-state index is 11.6. The van der Waals surface area contributed by atoms with E-state index in [2.05, 4.69) is 0 Å². The molecule has 1 rings (SSSR count). The average Bonchev–Trinajstić information content (AvgIpc) is 2.32. The summed E-state index contributed by atoms with van der Waals surface area (Å²) in [5.41, 5.74) is 7.58. The maximum Gasteiger partial charge on any atom is 0.340 e. The molecule has 0 aromatic heterocycles. The molecule has 1 aromatic rings. The molecule has 0 aliphatic rings. The highest BCUT2D eigenvalue weighted by molar-refractivity contribution is 7.99. The van der Waals surface area contributed by atoms with Gasteiger partial charge in [-0.1, -0.05) is 6.92 Å². The molecule has 3 N–H and O–H groups in total. The van der Waals surface area contributed by atoms with E-state index in [9.17, 15) is 4.79 Å². The lowest BCUT2D eigenvalue weighted by atomic mass is 10.1. The number of aliphatic hydroxyl groups excluding tert-OH is 1. The lowest BCUT2D eigenvalue weighted by molar-refractivity contribution is 0.0601. The number of benzene rings is 1. The standard InChI is InChI=1S/C13H19NO3S/c1-8-6-10(18-9(2)4-5-15)7-11(12(8)14)13(16)17-3/h6-7,9,15H,4-5,14H2,1-3H3. The Morgan fingerprint density at radius 1 is 1.56 bits per heavy atom. The van der Waals surface area contributed by atoms with E-state index in [1.807, 2.05) is 19.9 Å². The number of hydrogen-bond acceptors (Lipinski definition) is 5. The third-order valence-electron chi connectivity index (χ3n) is 2.64. The van der Waals surface area contributed by atoms with Crippen LogP contribution in [0.15, 0.2) is 17.0 Å². The molecule has 0 fully saturated rings. The molecule has 0 amide bonds. The van der Waals surface area contributed by atoms with Gasteiger partial charge in [0.05, 0.1) is 12.7 Å². The highest BCUT2D eigenvalue weighted by atomic mass is 32.2. The highest BCUT2D eigenvalue weighted by Gasteiger charge is 2.14. The second-order valence-corrected chi connectivity index (χ2v) is 5.65. The summed E-state index contributed by atoms with van der Waals surface area (Å²) in [5, 5.41) is 9.17. The predicted molar refractivity (Wildman–Crippen MR) is 74.0 cm³/mol. The Bertz CT molecular complexity index is 434. The number of nitrogens with two attached hydrogens (primary N) is 1. The largest absolute Gasteiger partial charge is 0.465 e. The zero-order valence-corrected chi connectivity index (χ0v) is 11.7. The molecule has 1 unspecified atom stereocenters. The van der Waals surface area contributed by atoms with Gasteiger partial charge in [-0.2, -0.15) is 0 Å². The SMILES string of the molecule is COC(=O)c1cc(SC(C)CCO)cc(C)c1N. The lowest BCUT2D eigenvalue weighted by Gasteiger charge is -2.13. The summed E-state index contributed by atoms with van der Waals surface area (Å²) in [5.74, 6) is -0.423. The number of hydrogen-bond donors (Lipinski definition) is 2. The van der Waals surface area contributed by atoms with Crippen LogP contribution >= 0.6 is 11.8 Å². The Labute approximate surface area is 112 Å². The smallest absolute Gasteiger partial charge is 0.340 e. The van der Waals surface area contributed by atoms with Gasteiger partial charge in [-0.15, -0.1) is 11.8 Å². The van der Waals surface area contributed by atoms with E-state index in [1.54, 1.807) is 17.8 Å². The van der Waals surface area contributed by atoms with Crippen molar-refractivity contribution in [1.82, 2.24) is 0 Å². The van der Waals surface area contributed by atoms with Gasteiger partial charge >= 0.3 is 5.97 Å². The van der Waals surface area contributed by atoms with Crippen molar-refractivity contribution >= 4 is 23.4 Å². The van der Waals surface area contributed by atoms with Crippen molar-refractivity contribution in [1.29, 1.82) is 0 Å². The Morgan fingerprint density at radius 3 is 2.78 bits per heavy atom. The van der Waals surface area contributed by atoms with Crippen molar-refractivity contribution in [3.63, 3.8) is 0 Å². The molecule has 18 heavy (non-hydrogen) atoms. The van der Waals surface area contributed by atoms with Crippen molar-refractivity contribution in [2.45, 2.75) is 30.4 Å². The first kappa shape index (κ1) is 14.9. The molecule has 1 atom stereocenters. The summed E-state index contributed by atoms with van der Waals surface area (Å²) >= 11 is 1.61. The fourth-order valence-corrected chi connectivity index (χ4v) is 2.70. The van der Waals surface area contributed by atoms with Gasteiger partial charge in [0.1, 0.15) is 0 Å². The second kappa shape index (κ2) is 6.66. The normalized spacial score (nSPS) is 12.2. The zero-order chi connectivity index (χ0) is 13.7. The van der Waals surface area contributed by atoms with Crippen molar-refractivity contribution < 1.29 is 14.6 Å². The van der Waals surface area contributed by atoms with E-state index in [1.165, 1.54) is 7.11 Å². The van der Waals surface area contributed by atoms with Gasteiger partial charge in [0, 0.05) is 22.4 Å². The summed E-state index contributed by atoms with van der Waals surface area (Å²) in [6.45, 7) is 4.05. The number of carbonyl (C=O) groups excluding carboxylic acids is 1. The Hall–Kier alpha value is -1.20. The van der Waals surface area contributed by atoms with Gasteiger partial charge in [0.25, 0.3) is 0 Å². The molecule has 0 bridgehead atoms. The molecule has 1 aromatic carbocycles. The Morgan fingerprint density at radius 2 is 2.22 bits per heavy atom. The second-order valence-electron chi connectivity index (χ2n) is 4.13. The molecule has 0 aliphatic heterocycles. The number of aliphatic hydroxyl groups is 1. The van der Waals surface area contributed by atoms with Crippen LogP contribution in [0, 0.1) is 6.92 Å². The number of nitrogen functional groups attached to an aromatic ring is 1. The number of methoxy groups -OCH3 is 1. The van der Waals surface area contributed by atoms with E-state index in [0.29, 0.717) is 17.7 Å². The van der Waals surface area contributed by atoms with Crippen LogP contribution in [0.3, 0.4) is 0 Å². The van der Waals surface area contributed by atoms with Crippen LogP contribution in [0.4, 0.5) is 5.69 Å². The highest BCUT2D eigenvalue weighted by Crippen LogP contribution is 2.30. The minimum atomic E-state index is -0.423. The Balaban J connectivity index is 3.01. The average molecular weight is 269 g/mol. The van der Waals surface area contributed by atoms with Gasteiger partial charge in [-0.05, 0) is 31.0 Å². The number of carbonyl (C=O) groups is 1. The first-order valence-corrected chi connectivity index (χ1v) is 6.63. The first-order chi connectivity index (χ1) is 8.49. The van der Waals surface area contributed by atoms with Crippen LogP contribution in [0.25, 0.3) is 0 Å². The van der Waals surface area contributed by atoms with Crippen LogP contribution < -0.4 is 5.73 Å². The van der Waals surface area contributed by atoms with E-state index >= 15 is 0 Å². The van der Waals surface area contributed by atoms with Gasteiger partial charge in [0.2, 0.25) is 0 Å². The molecule has 0 spiro atoms. The molecule has 5 heteroatoms. The molecule has 0 saturated carbocycles. The molecular formula is C13H19NO3S. The van der Waals surface area contributed by atoms with E-state index in [4.69, 9.17) is 15.6 Å². The van der Waals surface area contributed by atoms with Crippen LogP contribution in [0.1, 0.15) is 29.3 Å². The van der Waals surface area contributed by atoms with Crippen molar-refractivity contribution in [2.24, 2.45) is 0 Å². The fraction of sp³-hybridized carbons (Fsp3) is 0.462. The number of thioether (sulfide) groups is 1. The minimum absolute atomic E-state index is 0.159. The number of esters is 1. The molecule has 4 nitrogen and oxygen atoms in total. The fourth-order valence-electron chi connectivity index (χ4n) is 1.59. The van der Waals surface area contributed by atoms with Crippen molar-refractivity contribution in [3.05, 3.63) is 23.3 Å². The summed E-state index contributed by atoms with van der Waals surface area (Å²) in [4.78, 5) is 12.6. The summed E-state index contributed by atoms with van der Waals surface area (Å²) in [6, 6.07) is 3.69. The summed E-state index contributed by atoms with van der Waals surface area (Å²) < 4.78 is 4.71. The van der Waals surface area contributed by atoms with Crippen LogP contribution in [-0.2, 0) is 4.74 Å². The van der Waals surface area contributed by atoms with Gasteiger partial charge in [-0.3, -0.25) is 0 Å². The van der Waals surface area contributed by atoms with Gasteiger partial charge in [-0.25, -0.2) is 4.79 Å². The lowest BCUT2D eigenvalue weighted by Crippen LogP contribution is -2.08. The first-order valence-electron chi connectivity index (χ1n) is 5.75. The van der Waals surface area contributed by atoms with Gasteiger partial charge in [0.15, 0.2) is 0 Å². The maximum atomic E-state index is 11.6. The molecule has 0 aliphatic carbocycles. The van der Waals surface area contributed by atoms with Crippen LogP contribution in [0.5, 0.6) is 0 Å². The van der Waals surface area contributed by atoms with Crippen molar-refractivity contribution in [3.8, 4) is 0 Å². The van der Waals surface area contributed by atoms with E-state index in [-0.39, 0.29) is 11.9 Å². The minimum Gasteiger partial charge on any atom is -0.465 e. The molecule has 0 saturated heterocycles. The molecule has 100 valence electrons. The van der Waals surface area contributed by atoms with E-state index < -0.39 is 5.97 Å². The Kier molecular flexibility index (Phi) is 5.50. The van der Waals surface area contributed by atoms with Gasteiger partial charge < -0.3 is 15.6 Å². The number of anilines is 1. The third kappa shape index (κ3) is 3.65. The molecule has 0 radical (unpaired) electrons. The summed E-state index contributed by atoms with van der Waals surface area (Å²) in [6.07, 6.45) is 0.710. The van der Waals surface area contributed by atoms with Crippen LogP contribution in [-0.4, -0.2) is 30.0 Å². The predicted octanol–water partition coefficient (Wildman–Crippen LogP) is 2.23. The number of aryl methyl sites for hydroxylation is 1. The monoisotopic (exact) mass is 269 g/mol.